The molecule has 2 atom stereocenters. The fourth-order valence-corrected chi connectivity index (χ4v) is 3.66. The minimum Gasteiger partial charge on any atom is -0.460 e. The molecule has 2 aromatic carbocycles. The van der Waals surface area contributed by atoms with Gasteiger partial charge in [-0.3, -0.25) is 9.59 Å². The van der Waals surface area contributed by atoms with Gasteiger partial charge in [0.1, 0.15) is 12.2 Å². The number of aliphatic hydroxyl groups excluding tert-OH is 1. The molecular weight excluding hydrogens is 450 g/mol. The number of hydrogen-bond acceptors (Lipinski definition) is 7. The van der Waals surface area contributed by atoms with Crippen molar-refractivity contribution in [1.29, 1.82) is 0 Å². The maximum absolute atomic E-state index is 13.1. The van der Waals surface area contributed by atoms with Crippen molar-refractivity contribution in [2.45, 2.75) is 64.4 Å². The van der Waals surface area contributed by atoms with Gasteiger partial charge >= 0.3 is 11.9 Å². The molecule has 0 radical (unpaired) electrons. The third-order valence-electron chi connectivity index (χ3n) is 5.66. The van der Waals surface area contributed by atoms with Crippen molar-refractivity contribution in [2.75, 3.05) is 18.1 Å². The molecule has 8 nitrogen and oxygen atoms in total. The summed E-state index contributed by atoms with van der Waals surface area (Å²) < 4.78 is 16.2. The first kappa shape index (κ1) is 26.4. The Hall–Kier alpha value is -3.23. The van der Waals surface area contributed by atoms with Gasteiger partial charge < -0.3 is 24.2 Å². The zero-order valence-corrected chi connectivity index (χ0v) is 20.8. The Morgan fingerprint density at radius 3 is 2.43 bits per heavy atom. The van der Waals surface area contributed by atoms with Crippen molar-refractivity contribution in [3.8, 4) is 0 Å². The van der Waals surface area contributed by atoms with Crippen molar-refractivity contribution in [1.82, 2.24) is 0 Å². The largest absolute Gasteiger partial charge is 0.460 e. The van der Waals surface area contributed by atoms with Crippen molar-refractivity contribution >= 4 is 23.5 Å². The lowest BCUT2D eigenvalue weighted by Crippen LogP contribution is -2.55. The van der Waals surface area contributed by atoms with Gasteiger partial charge in [0.15, 0.2) is 12.2 Å². The lowest BCUT2D eigenvalue weighted by molar-refractivity contribution is -0.177. The number of benzene rings is 2. The number of morpholine rings is 1. The maximum atomic E-state index is 13.1. The standard InChI is InChI=1S/C27H33NO7/c1-26(2,3)35-24(31)21(29)22-23(30)28(14-15-33-22)20-13-9-12-19(16-20)27(4,5)25(32)34-17-18-10-7-6-8-11-18/h6-13,16,21-22,29H,14-15,17H2,1-5H3/t21-,22-/m1/s1. The third kappa shape index (κ3) is 6.46. The number of esters is 2. The molecule has 1 N–H and O–H groups in total. The van der Waals surface area contributed by atoms with Crippen LogP contribution in [0.5, 0.6) is 0 Å². The zero-order chi connectivity index (χ0) is 25.8. The molecule has 1 amide bonds. The molecular formula is C27H33NO7. The lowest BCUT2D eigenvalue weighted by Gasteiger charge is -2.35. The van der Waals surface area contributed by atoms with E-state index in [4.69, 9.17) is 14.2 Å². The van der Waals surface area contributed by atoms with Crippen LogP contribution in [0.4, 0.5) is 5.69 Å². The van der Waals surface area contributed by atoms with E-state index in [1.807, 2.05) is 30.3 Å². The first-order valence-electron chi connectivity index (χ1n) is 11.6. The van der Waals surface area contributed by atoms with Crippen molar-refractivity contribution < 1.29 is 33.7 Å². The SMILES string of the molecule is CC(C)(C)OC(=O)[C@H](O)[C@H]1OCCN(c2cccc(C(C)(C)C(=O)OCc3ccccc3)c2)C1=O. The van der Waals surface area contributed by atoms with Crippen molar-refractivity contribution in [3.63, 3.8) is 0 Å². The van der Waals surface area contributed by atoms with Crippen LogP contribution in [0.3, 0.4) is 0 Å². The first-order chi connectivity index (χ1) is 16.4. The smallest absolute Gasteiger partial charge is 0.338 e. The van der Waals surface area contributed by atoms with Gasteiger partial charge in [0, 0.05) is 12.2 Å². The molecule has 0 bridgehead atoms. The number of amides is 1. The van der Waals surface area contributed by atoms with Crippen molar-refractivity contribution in [2.24, 2.45) is 0 Å². The summed E-state index contributed by atoms with van der Waals surface area (Å²) >= 11 is 0. The minimum absolute atomic E-state index is 0.128. The van der Waals surface area contributed by atoms with Gasteiger partial charge in [0.25, 0.3) is 5.91 Å². The van der Waals surface area contributed by atoms with Crippen LogP contribution in [0, 0.1) is 0 Å². The van der Waals surface area contributed by atoms with Gasteiger partial charge in [0.2, 0.25) is 0 Å². The van der Waals surface area contributed by atoms with Crippen LogP contribution in [0.15, 0.2) is 54.6 Å². The van der Waals surface area contributed by atoms with Crippen LogP contribution in [0.2, 0.25) is 0 Å². The Balaban J connectivity index is 1.75. The average molecular weight is 484 g/mol. The first-order valence-corrected chi connectivity index (χ1v) is 11.6. The Morgan fingerprint density at radius 2 is 1.77 bits per heavy atom. The van der Waals surface area contributed by atoms with E-state index in [1.54, 1.807) is 58.9 Å². The van der Waals surface area contributed by atoms with Crippen LogP contribution < -0.4 is 4.90 Å². The molecule has 1 saturated heterocycles. The van der Waals surface area contributed by atoms with Crippen LogP contribution >= 0.6 is 0 Å². The minimum atomic E-state index is -1.75. The van der Waals surface area contributed by atoms with E-state index >= 15 is 0 Å². The summed E-state index contributed by atoms with van der Waals surface area (Å²) in [5.41, 5.74) is 0.289. The van der Waals surface area contributed by atoms with Gasteiger partial charge in [-0.05, 0) is 57.9 Å². The van der Waals surface area contributed by atoms with Gasteiger partial charge in [0.05, 0.1) is 12.0 Å². The average Bonchev–Trinajstić information content (AvgIpc) is 2.82. The zero-order valence-electron chi connectivity index (χ0n) is 20.8. The van der Waals surface area contributed by atoms with E-state index in [1.165, 1.54) is 4.90 Å². The second-order valence-corrected chi connectivity index (χ2v) is 10.00. The van der Waals surface area contributed by atoms with Crippen molar-refractivity contribution in [3.05, 3.63) is 65.7 Å². The molecule has 8 heteroatoms. The Morgan fingerprint density at radius 1 is 1.09 bits per heavy atom. The molecule has 188 valence electrons. The number of carbonyl (C=O) groups is 3. The molecule has 0 unspecified atom stereocenters. The van der Waals surface area contributed by atoms with Gasteiger partial charge in [-0.2, -0.15) is 0 Å². The highest BCUT2D eigenvalue weighted by Crippen LogP contribution is 2.30. The topological polar surface area (TPSA) is 102 Å². The number of aliphatic hydroxyl groups is 1. The highest BCUT2D eigenvalue weighted by atomic mass is 16.6. The second-order valence-electron chi connectivity index (χ2n) is 10.00. The molecule has 1 aliphatic rings. The van der Waals surface area contributed by atoms with E-state index in [9.17, 15) is 19.5 Å². The van der Waals surface area contributed by atoms with Crippen LogP contribution in [0.25, 0.3) is 0 Å². The Labute approximate surface area is 205 Å². The van der Waals surface area contributed by atoms with Gasteiger partial charge in [-0.25, -0.2) is 4.79 Å². The maximum Gasteiger partial charge on any atom is 0.338 e. The third-order valence-corrected chi connectivity index (χ3v) is 5.66. The quantitative estimate of drug-likeness (QED) is 0.604. The van der Waals surface area contributed by atoms with E-state index in [0.29, 0.717) is 11.3 Å². The van der Waals surface area contributed by atoms with E-state index < -0.39 is 41.1 Å². The molecule has 2 aromatic rings. The summed E-state index contributed by atoms with van der Waals surface area (Å²) in [7, 11) is 0. The van der Waals surface area contributed by atoms with E-state index in [0.717, 1.165) is 5.56 Å². The molecule has 0 saturated carbocycles. The fraction of sp³-hybridized carbons (Fsp3) is 0.444. The van der Waals surface area contributed by atoms with Crippen LogP contribution in [-0.4, -0.2) is 53.9 Å². The summed E-state index contributed by atoms with van der Waals surface area (Å²) in [4.78, 5) is 39.8. The van der Waals surface area contributed by atoms with E-state index in [2.05, 4.69) is 0 Å². The molecule has 0 aromatic heterocycles. The Bertz CT molecular complexity index is 1060. The number of rotatable bonds is 7. The van der Waals surface area contributed by atoms with E-state index in [-0.39, 0.29) is 19.8 Å². The number of nitrogens with zero attached hydrogens (tertiary/aromatic N) is 1. The van der Waals surface area contributed by atoms with Gasteiger partial charge in [-0.1, -0.05) is 42.5 Å². The number of anilines is 1. The predicted octanol–water partition coefficient (Wildman–Crippen LogP) is 3.14. The summed E-state index contributed by atoms with van der Waals surface area (Å²) in [6.45, 7) is 9.06. The van der Waals surface area contributed by atoms with Crippen LogP contribution in [-0.2, 0) is 40.6 Å². The summed E-state index contributed by atoms with van der Waals surface area (Å²) in [5, 5.41) is 10.4. The highest BCUT2D eigenvalue weighted by Gasteiger charge is 2.41. The molecule has 1 heterocycles. The highest BCUT2D eigenvalue weighted by molar-refractivity contribution is 6.00. The normalized spacial score (nSPS) is 17.6. The predicted molar refractivity (Wildman–Crippen MR) is 130 cm³/mol. The number of hydrogen-bond donors (Lipinski definition) is 1. The lowest BCUT2D eigenvalue weighted by atomic mass is 9.84. The molecule has 3 rings (SSSR count). The molecule has 1 aliphatic heterocycles. The monoisotopic (exact) mass is 483 g/mol. The number of ether oxygens (including phenoxy) is 3. The molecule has 0 aliphatic carbocycles. The fourth-order valence-electron chi connectivity index (χ4n) is 3.66. The van der Waals surface area contributed by atoms with Gasteiger partial charge in [-0.15, -0.1) is 0 Å². The summed E-state index contributed by atoms with van der Waals surface area (Å²) in [6.07, 6.45) is -3.14. The summed E-state index contributed by atoms with van der Waals surface area (Å²) in [6, 6.07) is 16.4. The molecule has 1 fully saturated rings. The molecule has 0 spiro atoms. The molecule has 35 heavy (non-hydrogen) atoms. The summed E-state index contributed by atoms with van der Waals surface area (Å²) in [5.74, 6) is -1.88. The Kier molecular flexibility index (Phi) is 7.97. The number of carbonyl (C=O) groups excluding carboxylic acids is 3. The van der Waals surface area contributed by atoms with Crippen LogP contribution in [0.1, 0.15) is 45.7 Å². The second kappa shape index (κ2) is 10.6.